The first kappa shape index (κ1) is 22.0. The first-order chi connectivity index (χ1) is 12.3. The number of aromatic nitrogens is 1. The van der Waals surface area contributed by atoms with E-state index in [-0.39, 0.29) is 24.9 Å². The van der Waals surface area contributed by atoms with Gasteiger partial charge in [-0.2, -0.15) is 0 Å². The van der Waals surface area contributed by atoms with Crippen molar-refractivity contribution < 1.29 is 22.8 Å². The second kappa shape index (κ2) is 7.98. The quantitative estimate of drug-likeness (QED) is 0.664. The number of hydrogen-bond acceptors (Lipinski definition) is 7. The number of hydrogen-bond donors (Lipinski definition) is 2. The van der Waals surface area contributed by atoms with Crippen LogP contribution in [-0.2, 0) is 26.7 Å². The lowest BCUT2D eigenvalue weighted by Gasteiger charge is -2.36. The van der Waals surface area contributed by atoms with Crippen LogP contribution in [0.2, 0.25) is 0 Å². The van der Waals surface area contributed by atoms with E-state index in [2.05, 4.69) is 10.5 Å². The molecule has 2 rings (SSSR count). The number of carbonyl (C=O) groups is 1. The maximum absolute atomic E-state index is 12.8. The van der Waals surface area contributed by atoms with Crippen LogP contribution in [-0.4, -0.2) is 66.3 Å². The number of ketones is 1. The number of sulfonamides is 1. The Balaban J connectivity index is 1.94. The Morgan fingerprint density at radius 3 is 2.44 bits per heavy atom. The van der Waals surface area contributed by atoms with Crippen molar-refractivity contribution in [2.45, 2.75) is 64.0 Å². The van der Waals surface area contributed by atoms with Crippen LogP contribution < -0.4 is 5.32 Å². The largest absolute Gasteiger partial charge is 0.395 e. The van der Waals surface area contributed by atoms with Gasteiger partial charge in [-0.1, -0.05) is 19.0 Å². The zero-order valence-electron chi connectivity index (χ0n) is 16.8. The third-order valence-electron chi connectivity index (χ3n) is 5.17. The van der Waals surface area contributed by atoms with Crippen molar-refractivity contribution in [3.63, 3.8) is 0 Å². The van der Waals surface area contributed by atoms with Crippen LogP contribution in [0.4, 0.5) is 0 Å². The van der Waals surface area contributed by atoms with Crippen LogP contribution in [0.15, 0.2) is 10.6 Å². The van der Waals surface area contributed by atoms with Gasteiger partial charge in [-0.25, -0.2) is 12.7 Å². The van der Waals surface area contributed by atoms with Crippen LogP contribution in [0.3, 0.4) is 0 Å². The molecule has 0 aliphatic carbocycles. The average molecular weight is 402 g/mol. The van der Waals surface area contributed by atoms with Crippen LogP contribution in [0.1, 0.15) is 52.0 Å². The highest BCUT2D eigenvalue weighted by atomic mass is 32.2. The molecule has 0 saturated carbocycles. The average Bonchev–Trinajstić information content (AvgIpc) is 3.03. The van der Waals surface area contributed by atoms with E-state index in [1.807, 2.05) is 27.7 Å². The van der Waals surface area contributed by atoms with Gasteiger partial charge in [0, 0.05) is 30.6 Å². The topological polar surface area (TPSA) is 113 Å². The number of carbonyl (C=O) groups excluding carboxylic acids is 1. The molecule has 0 bridgehead atoms. The summed E-state index contributed by atoms with van der Waals surface area (Å²) in [5.41, 5.74) is -0.671. The van der Waals surface area contributed by atoms with Gasteiger partial charge in [0.15, 0.2) is 5.78 Å². The van der Waals surface area contributed by atoms with Gasteiger partial charge in [0.05, 0.1) is 30.5 Å². The number of rotatable bonds is 8. The van der Waals surface area contributed by atoms with Gasteiger partial charge in [0.25, 0.3) is 0 Å². The predicted molar refractivity (Wildman–Crippen MR) is 102 cm³/mol. The molecule has 27 heavy (non-hydrogen) atoms. The van der Waals surface area contributed by atoms with Gasteiger partial charge >= 0.3 is 0 Å². The van der Waals surface area contributed by atoms with Gasteiger partial charge in [-0.15, -0.1) is 0 Å². The molecule has 8 nitrogen and oxygen atoms in total. The maximum Gasteiger partial charge on any atom is 0.211 e. The van der Waals surface area contributed by atoms with E-state index in [1.54, 1.807) is 6.07 Å². The molecule has 1 fully saturated rings. The van der Waals surface area contributed by atoms with Gasteiger partial charge in [-0.05, 0) is 26.7 Å². The van der Waals surface area contributed by atoms with Crippen molar-refractivity contribution in [3.8, 4) is 0 Å². The minimum atomic E-state index is -3.16. The van der Waals surface area contributed by atoms with Gasteiger partial charge < -0.3 is 14.9 Å². The smallest absolute Gasteiger partial charge is 0.211 e. The fourth-order valence-corrected chi connectivity index (χ4v) is 3.97. The summed E-state index contributed by atoms with van der Waals surface area (Å²) >= 11 is 0. The number of aliphatic hydroxyl groups is 1. The van der Waals surface area contributed by atoms with E-state index in [9.17, 15) is 18.3 Å². The minimum Gasteiger partial charge on any atom is -0.395 e. The van der Waals surface area contributed by atoms with Crippen molar-refractivity contribution in [3.05, 3.63) is 17.5 Å². The van der Waals surface area contributed by atoms with Gasteiger partial charge in [-0.3, -0.25) is 4.79 Å². The summed E-state index contributed by atoms with van der Waals surface area (Å²) in [6.07, 6.45) is 2.66. The van der Waals surface area contributed by atoms with Crippen molar-refractivity contribution in [1.82, 2.24) is 14.8 Å². The molecule has 0 amide bonds. The highest BCUT2D eigenvalue weighted by molar-refractivity contribution is 7.88. The van der Waals surface area contributed by atoms with E-state index in [4.69, 9.17) is 4.52 Å². The third-order valence-corrected chi connectivity index (χ3v) is 6.47. The molecular formula is C18H31N3O5S. The first-order valence-corrected chi connectivity index (χ1v) is 11.0. The predicted octanol–water partition coefficient (Wildman–Crippen LogP) is 0.848. The van der Waals surface area contributed by atoms with E-state index < -0.39 is 21.0 Å². The molecule has 1 aromatic heterocycles. The van der Waals surface area contributed by atoms with Gasteiger partial charge in [0.1, 0.15) is 5.76 Å². The normalized spacial score (nSPS) is 18.0. The molecule has 1 saturated heterocycles. The highest BCUT2D eigenvalue weighted by Crippen LogP contribution is 2.23. The number of piperidine rings is 1. The summed E-state index contributed by atoms with van der Waals surface area (Å²) in [4.78, 5) is 12.8. The molecule has 0 unspecified atom stereocenters. The summed E-state index contributed by atoms with van der Waals surface area (Å²) in [6, 6.07) is 1.80. The van der Waals surface area contributed by atoms with Gasteiger partial charge in [0.2, 0.25) is 10.0 Å². The Kier molecular flexibility index (Phi) is 6.51. The van der Waals surface area contributed by atoms with Crippen LogP contribution in [0, 0.1) is 0 Å². The summed E-state index contributed by atoms with van der Waals surface area (Å²) in [6.45, 7) is 8.22. The monoisotopic (exact) mass is 401 g/mol. The first-order valence-electron chi connectivity index (χ1n) is 9.18. The van der Waals surface area contributed by atoms with E-state index in [0.29, 0.717) is 37.4 Å². The molecule has 9 heteroatoms. The van der Waals surface area contributed by atoms with Crippen molar-refractivity contribution >= 4 is 15.8 Å². The minimum absolute atomic E-state index is 0.0300. The van der Waals surface area contributed by atoms with E-state index in [1.165, 1.54) is 10.6 Å². The molecule has 2 heterocycles. The van der Waals surface area contributed by atoms with E-state index in [0.717, 1.165) is 0 Å². The third kappa shape index (κ3) is 5.60. The highest BCUT2D eigenvalue weighted by Gasteiger charge is 2.34. The molecule has 0 spiro atoms. The standard InChI is InChI=1S/C18H31N3O5S/c1-17(2,12-22)15-10-14(26-20-15)11-16(23)18(3,4)19-13-6-8-21(9-7-13)27(5,24)25/h10,13,19,22H,6-9,11-12H2,1-5H3. The van der Waals surface area contributed by atoms with Crippen molar-refractivity contribution in [1.29, 1.82) is 0 Å². The number of Topliss-reactive ketones (excluding diaryl/α,β-unsaturated/α-hetero) is 1. The van der Waals surface area contributed by atoms with Crippen molar-refractivity contribution in [2.24, 2.45) is 0 Å². The molecule has 2 N–H and O–H groups in total. The Hall–Kier alpha value is -1.29. The zero-order valence-corrected chi connectivity index (χ0v) is 17.6. The lowest BCUT2D eigenvalue weighted by molar-refractivity contribution is -0.124. The molecule has 0 radical (unpaired) electrons. The van der Waals surface area contributed by atoms with Crippen LogP contribution >= 0.6 is 0 Å². The fourth-order valence-electron chi connectivity index (χ4n) is 3.10. The Labute approximate surface area is 161 Å². The Bertz CT molecular complexity index is 762. The fraction of sp³-hybridized carbons (Fsp3) is 0.778. The number of nitrogens with zero attached hydrogens (tertiary/aromatic N) is 2. The summed E-state index contributed by atoms with van der Waals surface area (Å²) in [5, 5.41) is 16.8. The molecule has 1 aliphatic heterocycles. The second-order valence-corrected chi connectivity index (χ2v) is 10.5. The summed E-state index contributed by atoms with van der Waals surface area (Å²) in [5.74, 6) is 0.441. The molecule has 0 aromatic carbocycles. The lowest BCUT2D eigenvalue weighted by atomic mass is 9.89. The molecular weight excluding hydrogens is 370 g/mol. The Morgan fingerprint density at radius 1 is 1.33 bits per heavy atom. The summed E-state index contributed by atoms with van der Waals surface area (Å²) in [7, 11) is -3.16. The molecule has 154 valence electrons. The van der Waals surface area contributed by atoms with Crippen molar-refractivity contribution in [2.75, 3.05) is 26.0 Å². The van der Waals surface area contributed by atoms with Crippen LogP contribution in [0.25, 0.3) is 0 Å². The SMILES string of the molecule is CC(C)(NC1CCN(S(C)(=O)=O)CC1)C(=O)Cc1cc(C(C)(C)CO)no1. The number of aliphatic hydroxyl groups excluding tert-OH is 1. The lowest BCUT2D eigenvalue weighted by Crippen LogP contribution is -2.55. The van der Waals surface area contributed by atoms with Crippen LogP contribution in [0.5, 0.6) is 0 Å². The van der Waals surface area contributed by atoms with E-state index >= 15 is 0 Å². The summed E-state index contributed by atoms with van der Waals surface area (Å²) < 4.78 is 30.0. The second-order valence-electron chi connectivity index (χ2n) is 8.53. The number of nitrogens with one attached hydrogen (secondary N) is 1. The Morgan fingerprint density at radius 2 is 1.93 bits per heavy atom. The molecule has 1 aromatic rings. The molecule has 1 aliphatic rings. The zero-order chi connectivity index (χ0) is 20.5. The molecule has 0 atom stereocenters. The maximum atomic E-state index is 12.8.